The molecule has 1 aromatic carbocycles. The summed E-state index contributed by atoms with van der Waals surface area (Å²) < 4.78 is 0. The zero-order chi connectivity index (χ0) is 14.5. The third kappa shape index (κ3) is 3.55. The van der Waals surface area contributed by atoms with Crippen molar-refractivity contribution >= 4 is 35.0 Å². The van der Waals surface area contributed by atoms with Crippen LogP contribution in [0.1, 0.15) is 23.2 Å². The fraction of sp³-hybridized carbons (Fsp3) is 0.167. The van der Waals surface area contributed by atoms with Gasteiger partial charge in [-0.05, 0) is 18.2 Å². The summed E-state index contributed by atoms with van der Waals surface area (Å²) in [5, 5.41) is 4.03. The van der Waals surface area contributed by atoms with E-state index in [0.717, 1.165) is 0 Å². The molecule has 2 rings (SSSR count). The Morgan fingerprint density at radius 1 is 1.20 bits per heavy atom. The normalized spacial score (nSPS) is 14.1. The van der Waals surface area contributed by atoms with Gasteiger partial charge in [-0.1, -0.05) is 17.7 Å². The topological polar surface area (TPSA) is 99.7 Å². The maximum atomic E-state index is 11.7. The average Bonchev–Trinajstić information content (AvgIpc) is 2.45. The summed E-state index contributed by atoms with van der Waals surface area (Å²) in [6.07, 6.45) is 0.416. The molecule has 1 heterocycles. The third-order valence-corrected chi connectivity index (χ3v) is 2.78. The van der Waals surface area contributed by atoms with E-state index in [0.29, 0.717) is 10.6 Å². The van der Waals surface area contributed by atoms with Crippen LogP contribution in [0.5, 0.6) is 0 Å². The van der Waals surface area contributed by atoms with Crippen LogP contribution >= 0.6 is 11.6 Å². The van der Waals surface area contributed by atoms with E-state index in [1.807, 2.05) is 0 Å². The zero-order valence-corrected chi connectivity index (χ0v) is 11.0. The molecule has 20 heavy (non-hydrogen) atoms. The second-order valence-corrected chi connectivity index (χ2v) is 4.45. The Hall–Kier alpha value is -2.41. The van der Waals surface area contributed by atoms with Crippen molar-refractivity contribution in [3.05, 3.63) is 34.9 Å². The highest BCUT2D eigenvalue weighted by molar-refractivity contribution is 6.39. The Morgan fingerprint density at radius 2 is 1.95 bits per heavy atom. The summed E-state index contributed by atoms with van der Waals surface area (Å²) in [5.41, 5.74) is 7.13. The second-order valence-electron chi connectivity index (χ2n) is 4.01. The summed E-state index contributed by atoms with van der Waals surface area (Å²) in [7, 11) is 0. The van der Waals surface area contributed by atoms with Crippen LogP contribution in [0.2, 0.25) is 5.02 Å². The number of amides is 3. The van der Waals surface area contributed by atoms with E-state index in [2.05, 4.69) is 21.4 Å². The van der Waals surface area contributed by atoms with Crippen molar-refractivity contribution in [1.29, 1.82) is 0 Å². The van der Waals surface area contributed by atoms with Gasteiger partial charge in [0.15, 0.2) is 0 Å². The van der Waals surface area contributed by atoms with Crippen LogP contribution in [0.4, 0.5) is 0 Å². The lowest BCUT2D eigenvalue weighted by atomic mass is 10.2. The average molecular weight is 295 g/mol. The Morgan fingerprint density at radius 3 is 2.60 bits per heavy atom. The highest BCUT2D eigenvalue weighted by atomic mass is 35.5. The van der Waals surface area contributed by atoms with Crippen LogP contribution in [0.25, 0.3) is 0 Å². The van der Waals surface area contributed by atoms with Gasteiger partial charge in [0.2, 0.25) is 5.91 Å². The molecule has 8 heteroatoms. The van der Waals surface area contributed by atoms with E-state index in [1.165, 1.54) is 6.07 Å². The third-order valence-electron chi connectivity index (χ3n) is 2.54. The number of nitrogens with zero attached hydrogens (tertiary/aromatic N) is 1. The first-order valence-electron chi connectivity index (χ1n) is 5.78. The van der Waals surface area contributed by atoms with Crippen LogP contribution in [-0.2, 0) is 9.59 Å². The SMILES string of the molecule is O=C1CCC(C(=O)NNC(=O)c2cccc(Cl)c2)=NN1. The molecular weight excluding hydrogens is 284 g/mol. The maximum Gasteiger partial charge on any atom is 0.285 e. The predicted octanol–water partition coefficient (Wildman–Crippen LogP) is 0.367. The van der Waals surface area contributed by atoms with Gasteiger partial charge in [0.25, 0.3) is 11.8 Å². The molecule has 7 nitrogen and oxygen atoms in total. The summed E-state index contributed by atoms with van der Waals surface area (Å²) in [6.45, 7) is 0. The Bertz CT molecular complexity index is 600. The lowest BCUT2D eigenvalue weighted by molar-refractivity contribution is -0.121. The Labute approximate surface area is 119 Å². The van der Waals surface area contributed by atoms with Gasteiger partial charge in [-0.25, -0.2) is 5.43 Å². The number of hydrogen-bond acceptors (Lipinski definition) is 4. The lowest BCUT2D eigenvalue weighted by Crippen LogP contribution is -2.46. The van der Waals surface area contributed by atoms with Crippen LogP contribution in [0, 0.1) is 0 Å². The van der Waals surface area contributed by atoms with Crippen molar-refractivity contribution in [2.24, 2.45) is 5.10 Å². The fourth-order valence-electron chi connectivity index (χ4n) is 1.53. The first-order chi connectivity index (χ1) is 9.56. The second kappa shape index (κ2) is 6.16. The first kappa shape index (κ1) is 14.0. The number of rotatable bonds is 2. The molecule has 0 unspecified atom stereocenters. The minimum Gasteiger partial charge on any atom is -0.273 e. The van der Waals surface area contributed by atoms with Gasteiger partial charge in [0.1, 0.15) is 5.71 Å². The summed E-state index contributed by atoms with van der Waals surface area (Å²) >= 11 is 5.76. The van der Waals surface area contributed by atoms with Crippen molar-refractivity contribution in [1.82, 2.24) is 16.3 Å². The minimum absolute atomic E-state index is 0.149. The largest absolute Gasteiger partial charge is 0.285 e. The van der Waals surface area contributed by atoms with Gasteiger partial charge < -0.3 is 0 Å². The van der Waals surface area contributed by atoms with Gasteiger partial charge in [0.05, 0.1) is 0 Å². The van der Waals surface area contributed by atoms with Crippen molar-refractivity contribution in [3.8, 4) is 0 Å². The van der Waals surface area contributed by atoms with E-state index in [4.69, 9.17) is 11.6 Å². The Kier molecular flexibility index (Phi) is 4.31. The van der Waals surface area contributed by atoms with Crippen molar-refractivity contribution in [3.63, 3.8) is 0 Å². The molecule has 104 valence electrons. The van der Waals surface area contributed by atoms with Gasteiger partial charge in [0, 0.05) is 23.4 Å². The maximum absolute atomic E-state index is 11.7. The molecule has 0 atom stereocenters. The van der Waals surface area contributed by atoms with Crippen molar-refractivity contribution in [2.45, 2.75) is 12.8 Å². The lowest BCUT2D eigenvalue weighted by Gasteiger charge is -2.12. The standard InChI is InChI=1S/C12H11ClN4O3/c13-8-3-1-2-7(6-8)11(19)16-17-12(20)9-4-5-10(18)15-14-9/h1-3,6H,4-5H2,(H,15,18)(H,16,19)(H,17,20). The van der Waals surface area contributed by atoms with Gasteiger partial charge in [-0.2, -0.15) is 5.10 Å². The van der Waals surface area contributed by atoms with E-state index in [-0.39, 0.29) is 24.5 Å². The quantitative estimate of drug-likeness (QED) is 0.687. The number of benzene rings is 1. The number of halogens is 1. The molecule has 1 aliphatic rings. The summed E-state index contributed by atoms with van der Waals surface area (Å²) in [5.74, 6) is -1.31. The number of carbonyl (C=O) groups is 3. The van der Waals surface area contributed by atoms with Crippen LogP contribution in [0.3, 0.4) is 0 Å². The van der Waals surface area contributed by atoms with E-state index in [9.17, 15) is 14.4 Å². The predicted molar refractivity (Wildman–Crippen MR) is 71.9 cm³/mol. The summed E-state index contributed by atoms with van der Waals surface area (Å²) in [4.78, 5) is 34.3. The molecule has 3 N–H and O–H groups in total. The van der Waals surface area contributed by atoms with Gasteiger partial charge in [-0.3, -0.25) is 25.2 Å². The molecule has 1 aromatic rings. The Balaban J connectivity index is 1.90. The van der Waals surface area contributed by atoms with E-state index in [1.54, 1.807) is 18.2 Å². The molecule has 0 saturated heterocycles. The van der Waals surface area contributed by atoms with Crippen LogP contribution in [-0.4, -0.2) is 23.4 Å². The number of hydrazine groups is 1. The van der Waals surface area contributed by atoms with E-state index >= 15 is 0 Å². The molecular formula is C12H11ClN4O3. The highest BCUT2D eigenvalue weighted by Gasteiger charge is 2.18. The van der Waals surface area contributed by atoms with Gasteiger partial charge >= 0.3 is 0 Å². The van der Waals surface area contributed by atoms with Crippen molar-refractivity contribution in [2.75, 3.05) is 0 Å². The number of hydrogen-bond donors (Lipinski definition) is 3. The molecule has 0 aromatic heterocycles. The molecule has 0 saturated carbocycles. The smallest absolute Gasteiger partial charge is 0.273 e. The molecule has 0 fully saturated rings. The number of hydrazone groups is 1. The highest BCUT2D eigenvalue weighted by Crippen LogP contribution is 2.10. The molecule has 0 aliphatic carbocycles. The zero-order valence-electron chi connectivity index (χ0n) is 10.3. The van der Waals surface area contributed by atoms with E-state index < -0.39 is 11.8 Å². The fourth-order valence-corrected chi connectivity index (χ4v) is 1.72. The molecule has 0 bridgehead atoms. The molecule has 3 amide bonds. The first-order valence-corrected chi connectivity index (χ1v) is 6.16. The van der Waals surface area contributed by atoms with Crippen LogP contribution < -0.4 is 16.3 Å². The molecule has 0 spiro atoms. The van der Waals surface area contributed by atoms with Gasteiger partial charge in [-0.15, -0.1) is 0 Å². The monoisotopic (exact) mass is 294 g/mol. The number of nitrogens with one attached hydrogen (secondary N) is 3. The molecule has 0 radical (unpaired) electrons. The number of carbonyl (C=O) groups excluding carboxylic acids is 3. The minimum atomic E-state index is -0.569. The molecule has 1 aliphatic heterocycles. The van der Waals surface area contributed by atoms with Crippen LogP contribution in [0.15, 0.2) is 29.4 Å². The van der Waals surface area contributed by atoms with Crippen molar-refractivity contribution < 1.29 is 14.4 Å². The summed E-state index contributed by atoms with van der Waals surface area (Å²) in [6, 6.07) is 6.29.